The Morgan fingerprint density at radius 2 is 0.603 bits per heavy atom. The van der Waals surface area contributed by atoms with Crippen molar-refractivity contribution < 1.29 is 0 Å². The molecule has 0 bridgehead atoms. The van der Waals surface area contributed by atoms with Crippen LogP contribution in [0.1, 0.15) is 33.4 Å². The quantitative estimate of drug-likeness (QED) is 0.124. The van der Waals surface area contributed by atoms with Gasteiger partial charge in [0.05, 0.1) is 23.3 Å². The molecule has 8 rings (SSSR count). The third kappa shape index (κ3) is 8.38. The fourth-order valence-corrected chi connectivity index (χ4v) is 7.00. The van der Waals surface area contributed by atoms with Crippen LogP contribution in [0.15, 0.2) is 206 Å². The molecule has 0 fully saturated rings. The van der Waals surface area contributed by atoms with E-state index in [0.29, 0.717) is 11.1 Å². The van der Waals surface area contributed by atoms with Gasteiger partial charge < -0.3 is 9.80 Å². The van der Waals surface area contributed by atoms with Crippen LogP contribution in [0.2, 0.25) is 0 Å². The number of anilines is 6. The van der Waals surface area contributed by atoms with Gasteiger partial charge in [0.15, 0.2) is 0 Å². The summed E-state index contributed by atoms with van der Waals surface area (Å²) in [7, 11) is 0. The van der Waals surface area contributed by atoms with Crippen molar-refractivity contribution in [1.82, 2.24) is 0 Å². The summed E-state index contributed by atoms with van der Waals surface area (Å²) in [6.07, 6.45) is 8.01. The van der Waals surface area contributed by atoms with E-state index in [9.17, 15) is 10.5 Å². The molecule has 0 aromatic heterocycles. The smallest absolute Gasteiger partial charge is 0.0998 e. The zero-order chi connectivity index (χ0) is 39.5. The molecule has 0 radical (unpaired) electrons. The molecule has 274 valence electrons. The van der Waals surface area contributed by atoms with E-state index in [2.05, 4.69) is 119 Å². The summed E-state index contributed by atoms with van der Waals surface area (Å²) in [5, 5.41) is 20.3. The Morgan fingerprint density at radius 1 is 0.310 bits per heavy atom. The molecule has 4 heteroatoms. The molecule has 0 aliphatic carbocycles. The Labute approximate surface area is 340 Å². The fourth-order valence-electron chi connectivity index (χ4n) is 7.00. The lowest BCUT2D eigenvalue weighted by atomic mass is 9.96. The van der Waals surface area contributed by atoms with Crippen LogP contribution in [0.3, 0.4) is 0 Å². The van der Waals surface area contributed by atoms with Crippen LogP contribution in [-0.4, -0.2) is 0 Å². The second-order valence-corrected chi connectivity index (χ2v) is 13.7. The Hall–Kier alpha value is -8.18. The Balaban J connectivity index is 0.976. The zero-order valence-corrected chi connectivity index (χ0v) is 31.7. The lowest BCUT2D eigenvalue weighted by Crippen LogP contribution is -2.09. The maximum Gasteiger partial charge on any atom is 0.0998 e. The number of nitriles is 2. The van der Waals surface area contributed by atoms with E-state index in [-0.39, 0.29) is 0 Å². The van der Waals surface area contributed by atoms with Crippen molar-refractivity contribution in [2.75, 3.05) is 9.80 Å². The van der Waals surface area contributed by atoms with Gasteiger partial charge in [0.1, 0.15) is 0 Å². The van der Waals surface area contributed by atoms with Crippen molar-refractivity contribution in [3.63, 3.8) is 0 Å². The van der Waals surface area contributed by atoms with E-state index in [4.69, 9.17) is 0 Å². The predicted octanol–water partition coefficient (Wildman–Crippen LogP) is 14.4. The minimum atomic E-state index is 0.564. The van der Waals surface area contributed by atoms with Crippen LogP contribution in [0.5, 0.6) is 0 Å². The molecule has 8 aromatic carbocycles. The van der Waals surface area contributed by atoms with E-state index < -0.39 is 0 Å². The highest BCUT2D eigenvalue weighted by atomic mass is 15.1. The molecule has 0 saturated carbocycles. The molecule has 0 aliphatic heterocycles. The first-order chi connectivity index (χ1) is 28.7. The summed E-state index contributed by atoms with van der Waals surface area (Å²) < 4.78 is 0. The number of benzene rings is 8. The molecule has 0 aliphatic rings. The Bertz CT molecular complexity index is 2490. The van der Waals surface area contributed by atoms with E-state index in [1.54, 1.807) is 0 Å². The average molecular weight is 743 g/mol. The van der Waals surface area contributed by atoms with Gasteiger partial charge >= 0.3 is 0 Å². The van der Waals surface area contributed by atoms with Crippen molar-refractivity contribution in [3.8, 4) is 23.3 Å². The Morgan fingerprint density at radius 3 is 0.897 bits per heavy atom. The van der Waals surface area contributed by atoms with Crippen molar-refractivity contribution in [3.05, 3.63) is 240 Å². The van der Waals surface area contributed by atoms with Crippen LogP contribution in [0.4, 0.5) is 34.1 Å². The van der Waals surface area contributed by atoms with Gasteiger partial charge in [0.2, 0.25) is 0 Å². The first kappa shape index (κ1) is 36.8. The summed E-state index contributed by atoms with van der Waals surface area (Å²) in [6.45, 7) is 0. The van der Waals surface area contributed by atoms with E-state index in [0.717, 1.165) is 67.5 Å². The van der Waals surface area contributed by atoms with Crippen LogP contribution in [-0.2, 0) is 0 Å². The number of hydrogen-bond donors (Lipinski definition) is 0. The van der Waals surface area contributed by atoms with Gasteiger partial charge in [0.25, 0.3) is 0 Å². The van der Waals surface area contributed by atoms with E-state index in [1.165, 1.54) is 0 Å². The third-order valence-corrected chi connectivity index (χ3v) is 9.95. The van der Waals surface area contributed by atoms with Gasteiger partial charge in [-0.2, -0.15) is 10.5 Å². The van der Waals surface area contributed by atoms with Crippen LogP contribution < -0.4 is 9.80 Å². The number of para-hydroxylation sites is 4. The Kier molecular flexibility index (Phi) is 11.1. The van der Waals surface area contributed by atoms with Gasteiger partial charge in [-0.05, 0) is 118 Å². The molecule has 58 heavy (non-hydrogen) atoms. The van der Waals surface area contributed by atoms with Gasteiger partial charge in [-0.25, -0.2) is 0 Å². The summed E-state index contributed by atoms with van der Waals surface area (Å²) in [4.78, 5) is 4.46. The van der Waals surface area contributed by atoms with Crippen LogP contribution in [0.25, 0.3) is 35.4 Å². The van der Waals surface area contributed by atoms with Crippen LogP contribution in [0, 0.1) is 22.7 Å². The van der Waals surface area contributed by atoms with Crippen LogP contribution >= 0.6 is 0 Å². The SMILES string of the molecule is N#Cc1cc(-c2ccc(/C=C/c3ccc(N(c4ccccc4)c4ccccc4)cc3)c(C#N)c2)ccc1/C=C/c1ccc(N(c2ccccc2)c2ccccc2)cc1. The van der Waals surface area contributed by atoms with Crippen molar-refractivity contribution in [2.24, 2.45) is 0 Å². The van der Waals surface area contributed by atoms with Gasteiger partial charge in [-0.15, -0.1) is 0 Å². The number of hydrogen-bond acceptors (Lipinski definition) is 4. The summed E-state index contributed by atoms with van der Waals surface area (Å²) in [5.74, 6) is 0. The van der Waals surface area contributed by atoms with Crippen molar-refractivity contribution in [2.45, 2.75) is 0 Å². The first-order valence-electron chi connectivity index (χ1n) is 19.1. The lowest BCUT2D eigenvalue weighted by Gasteiger charge is -2.25. The standard InChI is InChI=1S/C54H38N4/c55-39-47-37-45(31-29-43(47)27-21-41-23-33-53(34-24-41)57(49-13-5-1-6-14-49)50-15-7-2-8-16-50)46-32-30-44(48(38-46)40-56)28-22-42-25-35-54(36-26-42)58(51-17-9-3-10-18-51)52-19-11-4-12-20-52/h1-38H/b27-21+,28-22+. The highest BCUT2D eigenvalue weighted by Gasteiger charge is 2.13. The minimum Gasteiger partial charge on any atom is -0.311 e. The average Bonchev–Trinajstić information content (AvgIpc) is 3.30. The molecular formula is C54H38N4. The van der Waals surface area contributed by atoms with E-state index in [1.807, 2.05) is 133 Å². The van der Waals surface area contributed by atoms with Crippen molar-refractivity contribution >= 4 is 58.4 Å². The predicted molar refractivity (Wildman–Crippen MR) is 241 cm³/mol. The maximum absolute atomic E-state index is 10.1. The molecule has 0 N–H and O–H groups in total. The zero-order valence-electron chi connectivity index (χ0n) is 31.7. The van der Waals surface area contributed by atoms with E-state index >= 15 is 0 Å². The highest BCUT2D eigenvalue weighted by molar-refractivity contribution is 5.82. The molecular weight excluding hydrogens is 705 g/mol. The topological polar surface area (TPSA) is 54.1 Å². The summed E-state index contributed by atoms with van der Waals surface area (Å²) in [5.41, 5.74) is 13.0. The largest absolute Gasteiger partial charge is 0.311 e. The number of rotatable bonds is 11. The molecule has 0 unspecified atom stereocenters. The van der Waals surface area contributed by atoms with Gasteiger partial charge in [-0.1, -0.05) is 146 Å². The molecule has 0 saturated heterocycles. The third-order valence-electron chi connectivity index (χ3n) is 9.95. The lowest BCUT2D eigenvalue weighted by molar-refractivity contribution is 1.28. The molecule has 0 atom stereocenters. The molecule has 0 spiro atoms. The molecule has 0 amide bonds. The first-order valence-corrected chi connectivity index (χ1v) is 19.1. The minimum absolute atomic E-state index is 0.564. The maximum atomic E-state index is 10.1. The normalized spacial score (nSPS) is 10.9. The monoisotopic (exact) mass is 742 g/mol. The fraction of sp³-hybridized carbons (Fsp3) is 0. The van der Waals surface area contributed by atoms with Crippen molar-refractivity contribution in [1.29, 1.82) is 10.5 Å². The summed E-state index contributed by atoms with van der Waals surface area (Å²) >= 11 is 0. The second-order valence-electron chi connectivity index (χ2n) is 13.7. The molecule has 8 aromatic rings. The highest BCUT2D eigenvalue weighted by Crippen LogP contribution is 2.36. The summed E-state index contributed by atoms with van der Waals surface area (Å²) in [6, 6.07) is 74.6. The van der Waals surface area contributed by atoms with Gasteiger partial charge in [-0.3, -0.25) is 0 Å². The van der Waals surface area contributed by atoms with Gasteiger partial charge in [0, 0.05) is 34.1 Å². The number of nitrogens with zero attached hydrogens (tertiary/aromatic N) is 4. The molecule has 0 heterocycles. The molecule has 4 nitrogen and oxygen atoms in total. The second kappa shape index (κ2) is 17.5.